The lowest BCUT2D eigenvalue weighted by molar-refractivity contribution is 0.0934. The molecule has 0 aliphatic carbocycles. The molecule has 0 aliphatic rings. The van der Waals surface area contributed by atoms with E-state index in [-0.39, 0.29) is 11.0 Å². The molecule has 192 valence electrons. The monoisotopic (exact) mass is 518 g/mol. The third-order valence-electron chi connectivity index (χ3n) is 5.34. The highest BCUT2D eigenvalue weighted by molar-refractivity contribution is 7.80. The Morgan fingerprint density at radius 3 is 2.00 bits per heavy atom. The molecule has 0 heterocycles. The van der Waals surface area contributed by atoms with Crippen molar-refractivity contribution in [3.8, 4) is 5.75 Å². The van der Waals surface area contributed by atoms with Gasteiger partial charge in [-0.05, 0) is 79.3 Å². The number of rotatable bonds is 10. The van der Waals surface area contributed by atoms with Gasteiger partial charge in [0.1, 0.15) is 5.75 Å². The summed E-state index contributed by atoms with van der Waals surface area (Å²) >= 11 is 5.10. The number of nitrogens with one attached hydrogen (secondary N) is 4. The number of thiocarbonyl (C=S) groups is 1. The van der Waals surface area contributed by atoms with Crippen LogP contribution in [0.1, 0.15) is 63.7 Å². The van der Waals surface area contributed by atoms with Crippen LogP contribution in [0.15, 0.2) is 78.9 Å². The van der Waals surface area contributed by atoms with Crippen LogP contribution in [0.25, 0.3) is 0 Å². The maximum Gasteiger partial charge on any atom is 0.269 e. The third kappa shape index (κ3) is 9.05. The zero-order chi connectivity index (χ0) is 26.5. The molecule has 3 aromatic rings. The van der Waals surface area contributed by atoms with Crippen LogP contribution in [-0.4, -0.2) is 29.4 Å². The molecule has 3 amide bonds. The summed E-state index contributed by atoms with van der Waals surface area (Å²) in [6.07, 6.45) is 4.50. The van der Waals surface area contributed by atoms with Gasteiger partial charge in [0.2, 0.25) is 0 Å². The number of hydrogen-bond donors (Lipinski definition) is 4. The summed E-state index contributed by atoms with van der Waals surface area (Å²) in [5.41, 5.74) is 6.77. The van der Waals surface area contributed by atoms with E-state index < -0.39 is 11.8 Å². The minimum Gasteiger partial charge on any atom is -0.494 e. The fourth-order valence-electron chi connectivity index (χ4n) is 3.31. The number of ether oxygens (including phenoxy) is 1. The van der Waals surface area contributed by atoms with Crippen molar-refractivity contribution in [2.45, 2.75) is 32.6 Å². The molecule has 0 saturated carbocycles. The van der Waals surface area contributed by atoms with Crippen LogP contribution in [0.5, 0.6) is 5.75 Å². The van der Waals surface area contributed by atoms with E-state index in [1.807, 2.05) is 6.07 Å². The first kappa shape index (κ1) is 27.3. The first-order chi connectivity index (χ1) is 18.0. The van der Waals surface area contributed by atoms with Crippen molar-refractivity contribution in [2.75, 3.05) is 11.9 Å². The van der Waals surface area contributed by atoms with Crippen LogP contribution in [0.2, 0.25) is 0 Å². The van der Waals surface area contributed by atoms with Crippen LogP contribution >= 0.6 is 12.2 Å². The highest BCUT2D eigenvalue weighted by Crippen LogP contribution is 2.14. The zero-order valence-corrected chi connectivity index (χ0v) is 21.4. The van der Waals surface area contributed by atoms with Crippen LogP contribution in [0, 0.1) is 0 Å². The van der Waals surface area contributed by atoms with Crippen LogP contribution < -0.4 is 26.2 Å². The number of amides is 3. The third-order valence-corrected chi connectivity index (χ3v) is 5.54. The van der Waals surface area contributed by atoms with Crippen LogP contribution in [0.4, 0.5) is 5.69 Å². The molecule has 0 bridgehead atoms. The van der Waals surface area contributed by atoms with E-state index in [0.29, 0.717) is 34.7 Å². The van der Waals surface area contributed by atoms with Gasteiger partial charge in [-0.1, -0.05) is 44.4 Å². The zero-order valence-electron chi connectivity index (χ0n) is 20.6. The Morgan fingerprint density at radius 2 is 1.32 bits per heavy atom. The first-order valence-corrected chi connectivity index (χ1v) is 12.5. The number of benzene rings is 3. The van der Waals surface area contributed by atoms with Gasteiger partial charge in [0.25, 0.3) is 17.7 Å². The van der Waals surface area contributed by atoms with Gasteiger partial charge in [-0.25, -0.2) is 0 Å². The van der Waals surface area contributed by atoms with Gasteiger partial charge >= 0.3 is 0 Å². The smallest absolute Gasteiger partial charge is 0.269 e. The Morgan fingerprint density at radius 1 is 0.703 bits per heavy atom. The lowest BCUT2D eigenvalue weighted by Gasteiger charge is -2.12. The van der Waals surface area contributed by atoms with E-state index in [1.165, 1.54) is 12.8 Å². The summed E-state index contributed by atoms with van der Waals surface area (Å²) in [7, 11) is 0. The Kier molecular flexibility index (Phi) is 10.6. The van der Waals surface area contributed by atoms with Crippen LogP contribution in [-0.2, 0) is 0 Å². The second-order valence-corrected chi connectivity index (χ2v) is 8.60. The lowest BCUT2D eigenvalue weighted by Crippen LogP contribution is -2.48. The fourth-order valence-corrected chi connectivity index (χ4v) is 3.46. The lowest BCUT2D eigenvalue weighted by atomic mass is 10.1. The fraction of sp³-hybridized carbons (Fsp3) is 0.214. The molecule has 0 aliphatic heterocycles. The van der Waals surface area contributed by atoms with E-state index in [4.69, 9.17) is 17.0 Å². The molecule has 4 N–H and O–H groups in total. The highest BCUT2D eigenvalue weighted by Gasteiger charge is 2.11. The molecule has 0 saturated heterocycles. The van der Waals surface area contributed by atoms with E-state index in [0.717, 1.165) is 12.8 Å². The summed E-state index contributed by atoms with van der Waals surface area (Å²) in [6, 6.07) is 22.0. The Hall–Kier alpha value is -4.24. The molecule has 0 spiro atoms. The number of hydrazine groups is 1. The van der Waals surface area contributed by atoms with Crippen molar-refractivity contribution in [3.05, 3.63) is 95.6 Å². The van der Waals surface area contributed by atoms with Gasteiger partial charge in [0.05, 0.1) is 6.61 Å². The number of unbranched alkanes of at least 4 members (excludes halogenated alkanes) is 3. The Bertz CT molecular complexity index is 1200. The van der Waals surface area contributed by atoms with Gasteiger partial charge in [-0.15, -0.1) is 0 Å². The largest absolute Gasteiger partial charge is 0.494 e. The molecule has 37 heavy (non-hydrogen) atoms. The summed E-state index contributed by atoms with van der Waals surface area (Å²) in [6.45, 7) is 2.81. The van der Waals surface area contributed by atoms with Crippen molar-refractivity contribution < 1.29 is 19.1 Å². The van der Waals surface area contributed by atoms with E-state index in [2.05, 4.69) is 28.4 Å². The topological polar surface area (TPSA) is 109 Å². The summed E-state index contributed by atoms with van der Waals surface area (Å²) in [5.74, 6) is -0.422. The first-order valence-electron chi connectivity index (χ1n) is 12.1. The molecular formula is C28H30N4O4S. The van der Waals surface area contributed by atoms with Crippen molar-refractivity contribution in [1.82, 2.24) is 16.2 Å². The van der Waals surface area contributed by atoms with Gasteiger partial charge in [0, 0.05) is 22.4 Å². The second-order valence-electron chi connectivity index (χ2n) is 8.19. The molecular weight excluding hydrogens is 488 g/mol. The maximum atomic E-state index is 12.4. The summed E-state index contributed by atoms with van der Waals surface area (Å²) < 4.78 is 5.68. The number of hydrogen-bond acceptors (Lipinski definition) is 5. The van der Waals surface area contributed by atoms with Gasteiger partial charge in [-0.2, -0.15) is 0 Å². The van der Waals surface area contributed by atoms with Crippen molar-refractivity contribution in [3.63, 3.8) is 0 Å². The predicted octanol–water partition coefficient (Wildman–Crippen LogP) is 4.85. The predicted molar refractivity (Wildman–Crippen MR) is 148 cm³/mol. The highest BCUT2D eigenvalue weighted by atomic mass is 32.1. The minimum atomic E-state index is -0.460. The van der Waals surface area contributed by atoms with E-state index >= 15 is 0 Å². The maximum absolute atomic E-state index is 12.4. The quantitative estimate of drug-likeness (QED) is 0.174. The molecule has 0 aromatic heterocycles. The van der Waals surface area contributed by atoms with Crippen LogP contribution in [0.3, 0.4) is 0 Å². The summed E-state index contributed by atoms with van der Waals surface area (Å²) in [4.78, 5) is 37.0. The number of anilines is 1. The van der Waals surface area contributed by atoms with E-state index in [1.54, 1.807) is 72.8 Å². The average Bonchev–Trinajstić information content (AvgIpc) is 2.92. The van der Waals surface area contributed by atoms with Crippen molar-refractivity contribution in [1.29, 1.82) is 0 Å². The Labute approximate surface area is 221 Å². The SMILES string of the molecule is CCCCCCOc1ccc(C(=O)NC(=S)NNC(=O)c2ccc(NC(=O)c3ccccc3)cc2)cc1. The van der Waals surface area contributed by atoms with Gasteiger partial charge in [0.15, 0.2) is 5.11 Å². The molecule has 0 fully saturated rings. The molecule has 0 atom stereocenters. The normalized spacial score (nSPS) is 10.2. The molecule has 9 heteroatoms. The molecule has 0 unspecified atom stereocenters. The molecule has 3 rings (SSSR count). The van der Waals surface area contributed by atoms with Gasteiger partial charge < -0.3 is 10.1 Å². The summed E-state index contributed by atoms with van der Waals surface area (Å²) in [5, 5.41) is 5.23. The van der Waals surface area contributed by atoms with Crippen molar-refractivity contribution in [2.24, 2.45) is 0 Å². The Balaban J connectivity index is 1.41. The van der Waals surface area contributed by atoms with Gasteiger partial charge in [-0.3, -0.25) is 30.6 Å². The number of carbonyl (C=O) groups is 3. The van der Waals surface area contributed by atoms with Crippen molar-refractivity contribution >= 4 is 40.7 Å². The molecule has 0 radical (unpaired) electrons. The molecule has 8 nitrogen and oxygen atoms in total. The number of carbonyl (C=O) groups excluding carboxylic acids is 3. The van der Waals surface area contributed by atoms with E-state index in [9.17, 15) is 14.4 Å². The second kappa shape index (κ2) is 14.4. The minimum absolute atomic E-state index is 0.0543. The average molecular weight is 519 g/mol. The standard InChI is InChI=1S/C28H30N4O4S/c1-2-3-4-8-19-36-24-17-13-21(14-18-24)26(34)30-28(37)32-31-27(35)22-11-15-23(16-12-22)29-25(33)20-9-6-5-7-10-20/h5-7,9-18H,2-4,8,19H2,1H3,(H,29,33)(H,31,35)(H2,30,32,34,37). The molecule has 3 aromatic carbocycles.